The average Bonchev–Trinajstić information content (AvgIpc) is 2.88. The Morgan fingerprint density at radius 3 is 3.00 bits per heavy atom. The van der Waals surface area contributed by atoms with Crippen molar-refractivity contribution in [1.29, 1.82) is 0 Å². The molecule has 1 fully saturated rings. The summed E-state index contributed by atoms with van der Waals surface area (Å²) in [7, 11) is 0. The summed E-state index contributed by atoms with van der Waals surface area (Å²) >= 11 is 0. The smallest absolute Gasteiger partial charge is 0.129 e. The van der Waals surface area contributed by atoms with Gasteiger partial charge in [0.15, 0.2) is 0 Å². The van der Waals surface area contributed by atoms with Gasteiger partial charge in [-0.15, -0.1) is 0 Å². The molecule has 0 spiro atoms. The van der Waals surface area contributed by atoms with Crippen LogP contribution in [0.4, 0.5) is 5.82 Å². The molecule has 0 aromatic carbocycles. The maximum atomic E-state index is 4.11. The van der Waals surface area contributed by atoms with Gasteiger partial charge in [0.2, 0.25) is 0 Å². The Bertz CT molecular complexity index is 243. The van der Waals surface area contributed by atoms with Crippen molar-refractivity contribution in [3.8, 4) is 0 Å². The molecule has 1 N–H and O–H groups in total. The zero-order valence-corrected chi connectivity index (χ0v) is 7.20. The number of hydrogen-bond donors (Lipinski definition) is 1. The van der Waals surface area contributed by atoms with E-state index in [0.29, 0.717) is 6.04 Å². The molecule has 1 aromatic heterocycles. The molecule has 0 bridgehead atoms. The number of rotatable bonds is 3. The van der Waals surface area contributed by atoms with E-state index >= 15 is 0 Å². The van der Waals surface area contributed by atoms with Crippen molar-refractivity contribution in [2.75, 3.05) is 5.32 Å². The number of hydrogen-bond acceptors (Lipinski definition) is 3. The molecule has 0 aliphatic heterocycles. The molecular formula is C9H13N3. The summed E-state index contributed by atoms with van der Waals surface area (Å²) in [5.41, 5.74) is 0. The lowest BCUT2D eigenvalue weighted by molar-refractivity contribution is 0.690. The van der Waals surface area contributed by atoms with Crippen LogP contribution in [0, 0.1) is 5.92 Å². The molecule has 1 aromatic rings. The third-order valence-electron chi connectivity index (χ3n) is 2.29. The standard InChI is InChI=1S/C9H13N3/c1-7(8-2-3-8)12-9-4-5-10-6-11-9/h4-8H,2-3H2,1H3,(H,10,11,12). The Kier molecular flexibility index (Phi) is 1.94. The number of anilines is 1. The van der Waals surface area contributed by atoms with Crippen LogP contribution in [0.15, 0.2) is 18.6 Å². The van der Waals surface area contributed by atoms with Crippen LogP contribution < -0.4 is 5.32 Å². The number of nitrogens with one attached hydrogen (secondary N) is 1. The van der Waals surface area contributed by atoms with Gasteiger partial charge in [-0.05, 0) is 31.7 Å². The van der Waals surface area contributed by atoms with E-state index in [-0.39, 0.29) is 0 Å². The van der Waals surface area contributed by atoms with Crippen LogP contribution in [0.25, 0.3) is 0 Å². The molecule has 1 unspecified atom stereocenters. The first-order valence-corrected chi connectivity index (χ1v) is 4.39. The molecule has 0 amide bonds. The second kappa shape index (κ2) is 3.09. The zero-order valence-electron chi connectivity index (χ0n) is 7.20. The lowest BCUT2D eigenvalue weighted by Gasteiger charge is -2.12. The highest BCUT2D eigenvalue weighted by molar-refractivity contribution is 5.33. The summed E-state index contributed by atoms with van der Waals surface area (Å²) in [6, 6.07) is 2.46. The highest BCUT2D eigenvalue weighted by Gasteiger charge is 2.27. The topological polar surface area (TPSA) is 37.8 Å². The Hall–Kier alpha value is -1.12. The van der Waals surface area contributed by atoms with E-state index in [1.807, 2.05) is 6.07 Å². The fourth-order valence-electron chi connectivity index (χ4n) is 1.32. The summed E-state index contributed by atoms with van der Waals surface area (Å²) < 4.78 is 0. The van der Waals surface area contributed by atoms with Crippen molar-refractivity contribution in [2.24, 2.45) is 5.92 Å². The summed E-state index contributed by atoms with van der Waals surface area (Å²) in [6.45, 7) is 2.21. The maximum Gasteiger partial charge on any atom is 0.129 e. The minimum absolute atomic E-state index is 0.555. The van der Waals surface area contributed by atoms with Crippen LogP contribution in [-0.2, 0) is 0 Å². The van der Waals surface area contributed by atoms with Crippen LogP contribution in [0.5, 0.6) is 0 Å². The van der Waals surface area contributed by atoms with Gasteiger partial charge in [0.05, 0.1) is 0 Å². The Balaban J connectivity index is 1.94. The van der Waals surface area contributed by atoms with Gasteiger partial charge >= 0.3 is 0 Å². The van der Waals surface area contributed by atoms with Crippen molar-refractivity contribution >= 4 is 5.82 Å². The Labute approximate surface area is 72.2 Å². The first kappa shape index (κ1) is 7.53. The van der Waals surface area contributed by atoms with Gasteiger partial charge in [-0.3, -0.25) is 0 Å². The van der Waals surface area contributed by atoms with Gasteiger partial charge in [0, 0.05) is 12.2 Å². The van der Waals surface area contributed by atoms with E-state index in [2.05, 4.69) is 22.2 Å². The van der Waals surface area contributed by atoms with Gasteiger partial charge in [0.1, 0.15) is 12.1 Å². The predicted molar refractivity (Wildman–Crippen MR) is 47.8 cm³/mol. The first-order valence-electron chi connectivity index (χ1n) is 4.39. The van der Waals surface area contributed by atoms with Crippen LogP contribution in [0.2, 0.25) is 0 Å². The fraction of sp³-hybridized carbons (Fsp3) is 0.556. The number of nitrogens with zero attached hydrogens (tertiary/aromatic N) is 2. The monoisotopic (exact) mass is 163 g/mol. The summed E-state index contributed by atoms with van der Waals surface area (Å²) in [5, 5.41) is 3.35. The summed E-state index contributed by atoms with van der Waals surface area (Å²) in [4.78, 5) is 7.97. The summed E-state index contributed by atoms with van der Waals surface area (Å²) in [5.74, 6) is 1.80. The third-order valence-corrected chi connectivity index (χ3v) is 2.29. The van der Waals surface area contributed by atoms with Crippen molar-refractivity contribution in [2.45, 2.75) is 25.8 Å². The fourth-order valence-corrected chi connectivity index (χ4v) is 1.32. The maximum absolute atomic E-state index is 4.11. The molecule has 64 valence electrons. The van der Waals surface area contributed by atoms with Crippen LogP contribution in [0.3, 0.4) is 0 Å². The van der Waals surface area contributed by atoms with E-state index in [1.54, 1.807) is 12.5 Å². The van der Waals surface area contributed by atoms with Crippen LogP contribution in [-0.4, -0.2) is 16.0 Å². The second-order valence-electron chi connectivity index (χ2n) is 3.37. The van der Waals surface area contributed by atoms with Gasteiger partial charge in [0.25, 0.3) is 0 Å². The molecule has 0 saturated heterocycles. The lowest BCUT2D eigenvalue weighted by atomic mass is 10.2. The van der Waals surface area contributed by atoms with E-state index in [9.17, 15) is 0 Å². The van der Waals surface area contributed by atoms with Crippen molar-refractivity contribution in [3.63, 3.8) is 0 Å². The summed E-state index contributed by atoms with van der Waals surface area (Å²) in [6.07, 6.45) is 6.05. The van der Waals surface area contributed by atoms with Crippen LogP contribution in [0.1, 0.15) is 19.8 Å². The zero-order chi connectivity index (χ0) is 8.39. The molecule has 1 aliphatic rings. The minimum atomic E-state index is 0.555. The highest BCUT2D eigenvalue weighted by atomic mass is 15.0. The largest absolute Gasteiger partial charge is 0.367 e. The van der Waals surface area contributed by atoms with E-state index in [1.165, 1.54) is 12.8 Å². The molecule has 1 saturated carbocycles. The van der Waals surface area contributed by atoms with E-state index in [0.717, 1.165) is 11.7 Å². The molecule has 1 aliphatic carbocycles. The second-order valence-corrected chi connectivity index (χ2v) is 3.37. The molecule has 2 rings (SSSR count). The molecule has 3 heteroatoms. The number of aromatic nitrogens is 2. The molecule has 0 radical (unpaired) electrons. The molecule has 1 heterocycles. The first-order chi connectivity index (χ1) is 5.86. The SMILES string of the molecule is CC(Nc1ccncn1)C1CC1. The van der Waals surface area contributed by atoms with E-state index in [4.69, 9.17) is 0 Å². The predicted octanol–water partition coefficient (Wildman–Crippen LogP) is 1.69. The van der Waals surface area contributed by atoms with Gasteiger partial charge in [-0.1, -0.05) is 0 Å². The van der Waals surface area contributed by atoms with Crippen molar-refractivity contribution in [3.05, 3.63) is 18.6 Å². The molecular weight excluding hydrogens is 150 g/mol. The van der Waals surface area contributed by atoms with E-state index < -0.39 is 0 Å². The van der Waals surface area contributed by atoms with Gasteiger partial charge in [-0.25, -0.2) is 9.97 Å². The lowest BCUT2D eigenvalue weighted by Crippen LogP contribution is -2.17. The minimum Gasteiger partial charge on any atom is -0.367 e. The normalized spacial score (nSPS) is 18.8. The Morgan fingerprint density at radius 1 is 1.58 bits per heavy atom. The van der Waals surface area contributed by atoms with Crippen molar-refractivity contribution < 1.29 is 0 Å². The van der Waals surface area contributed by atoms with Crippen molar-refractivity contribution in [1.82, 2.24) is 9.97 Å². The highest BCUT2D eigenvalue weighted by Crippen LogP contribution is 2.33. The molecule has 1 atom stereocenters. The van der Waals surface area contributed by atoms with Gasteiger partial charge in [-0.2, -0.15) is 0 Å². The third kappa shape index (κ3) is 1.72. The molecule has 3 nitrogen and oxygen atoms in total. The Morgan fingerprint density at radius 2 is 2.42 bits per heavy atom. The average molecular weight is 163 g/mol. The van der Waals surface area contributed by atoms with Crippen LogP contribution >= 0.6 is 0 Å². The molecule has 12 heavy (non-hydrogen) atoms. The van der Waals surface area contributed by atoms with Gasteiger partial charge < -0.3 is 5.32 Å². The quantitative estimate of drug-likeness (QED) is 0.736.